The highest BCUT2D eigenvalue weighted by Gasteiger charge is 2.31. The molecule has 0 saturated heterocycles. The van der Waals surface area contributed by atoms with Crippen LogP contribution in [0.2, 0.25) is 0 Å². The average Bonchev–Trinajstić information content (AvgIpc) is 3.08. The van der Waals surface area contributed by atoms with Crippen LogP contribution in [0.5, 0.6) is 11.6 Å². The van der Waals surface area contributed by atoms with Gasteiger partial charge < -0.3 is 10.1 Å². The van der Waals surface area contributed by atoms with Gasteiger partial charge in [-0.15, -0.1) is 0 Å². The zero-order valence-electron chi connectivity index (χ0n) is 17.7. The number of benzene rings is 3. The molecule has 1 aromatic heterocycles. The third kappa shape index (κ3) is 3.96. The Kier molecular flexibility index (Phi) is 5.24. The third-order valence-electron chi connectivity index (χ3n) is 5.50. The van der Waals surface area contributed by atoms with E-state index in [1.165, 1.54) is 21.5 Å². The van der Waals surface area contributed by atoms with Crippen LogP contribution < -0.4 is 15.6 Å². The van der Waals surface area contributed by atoms with Crippen molar-refractivity contribution in [3.8, 4) is 17.3 Å². The standard InChI is InChI=1S/C25H18F3N3O3/c26-25(27,28)17-8-6-9-18(14-17)29-22(32)15-30-24-20(13-16-7-4-5-12-21(16)34-24)23(33)31(30)19-10-2-1-3-11-19/h1-12,14H,13,15H2,(H,29,32). The number of fused-ring (bicyclic) bond motifs is 2. The van der Waals surface area contributed by atoms with Crippen LogP contribution in [0.3, 0.4) is 0 Å². The molecule has 0 bridgehead atoms. The number of hydrogen-bond acceptors (Lipinski definition) is 3. The minimum absolute atomic E-state index is 0.000667. The highest BCUT2D eigenvalue weighted by molar-refractivity contribution is 5.90. The largest absolute Gasteiger partial charge is 0.439 e. The molecule has 0 saturated carbocycles. The summed E-state index contributed by atoms with van der Waals surface area (Å²) in [5.74, 6) is 0.197. The molecule has 1 amide bonds. The number of carbonyl (C=O) groups is 1. The summed E-state index contributed by atoms with van der Waals surface area (Å²) in [4.78, 5) is 26.2. The van der Waals surface area contributed by atoms with Crippen LogP contribution in [0.1, 0.15) is 16.7 Å². The molecule has 6 nitrogen and oxygen atoms in total. The van der Waals surface area contributed by atoms with E-state index in [0.29, 0.717) is 23.4 Å². The molecular formula is C25H18F3N3O3. The Morgan fingerprint density at radius 1 is 0.971 bits per heavy atom. The summed E-state index contributed by atoms with van der Waals surface area (Å²) in [6, 6.07) is 20.4. The highest BCUT2D eigenvalue weighted by Crippen LogP contribution is 2.36. The second kappa shape index (κ2) is 8.26. The maximum absolute atomic E-state index is 13.3. The van der Waals surface area contributed by atoms with Crippen molar-refractivity contribution >= 4 is 11.6 Å². The average molecular weight is 465 g/mol. The minimum atomic E-state index is -4.53. The molecule has 0 unspecified atom stereocenters. The quantitative estimate of drug-likeness (QED) is 0.407. The summed E-state index contributed by atoms with van der Waals surface area (Å²) in [6.07, 6.45) is -4.20. The summed E-state index contributed by atoms with van der Waals surface area (Å²) in [5.41, 5.74) is 0.571. The van der Waals surface area contributed by atoms with Crippen LogP contribution in [-0.4, -0.2) is 15.3 Å². The molecular weight excluding hydrogens is 447 g/mol. The van der Waals surface area contributed by atoms with Crippen molar-refractivity contribution in [2.75, 3.05) is 5.32 Å². The lowest BCUT2D eigenvalue weighted by atomic mass is 10.0. The van der Waals surface area contributed by atoms with Crippen LogP contribution in [0.4, 0.5) is 18.9 Å². The third-order valence-corrected chi connectivity index (χ3v) is 5.50. The molecule has 34 heavy (non-hydrogen) atoms. The fourth-order valence-electron chi connectivity index (χ4n) is 3.96. The smallest absolute Gasteiger partial charge is 0.416 e. The SMILES string of the molecule is O=C(Cn1c2c(c(=O)n1-c1ccccc1)Cc1ccccc1O2)Nc1cccc(C(F)(F)F)c1. The summed E-state index contributed by atoms with van der Waals surface area (Å²) >= 11 is 0. The predicted octanol–water partition coefficient (Wildman–Crippen LogP) is 4.99. The summed E-state index contributed by atoms with van der Waals surface area (Å²) < 4.78 is 47.9. The predicted molar refractivity (Wildman–Crippen MR) is 119 cm³/mol. The maximum atomic E-state index is 13.3. The highest BCUT2D eigenvalue weighted by atomic mass is 19.4. The Labute approximate surface area is 191 Å². The first-order chi connectivity index (χ1) is 16.3. The van der Waals surface area contributed by atoms with Gasteiger partial charge in [0, 0.05) is 12.1 Å². The fraction of sp³-hybridized carbons (Fsp3) is 0.120. The molecule has 4 aromatic rings. The topological polar surface area (TPSA) is 65.3 Å². The van der Waals surface area contributed by atoms with E-state index in [-0.39, 0.29) is 23.7 Å². The number of nitrogens with zero attached hydrogens (tertiary/aromatic N) is 2. The van der Waals surface area contributed by atoms with Crippen molar-refractivity contribution in [3.05, 3.63) is 106 Å². The number of carbonyl (C=O) groups excluding carboxylic acids is 1. The number of halogens is 3. The van der Waals surface area contributed by atoms with E-state index in [1.807, 2.05) is 12.1 Å². The second-order valence-corrected chi connectivity index (χ2v) is 7.81. The molecule has 0 radical (unpaired) electrons. The van der Waals surface area contributed by atoms with Crippen molar-refractivity contribution < 1.29 is 22.7 Å². The molecule has 0 atom stereocenters. The van der Waals surface area contributed by atoms with Gasteiger partial charge in [-0.25, -0.2) is 9.36 Å². The lowest BCUT2D eigenvalue weighted by Gasteiger charge is -2.19. The Bertz CT molecular complexity index is 1440. The van der Waals surface area contributed by atoms with Gasteiger partial charge in [-0.05, 0) is 42.0 Å². The molecule has 5 rings (SSSR count). The molecule has 172 valence electrons. The molecule has 0 aliphatic carbocycles. The number of hydrogen-bond donors (Lipinski definition) is 1. The number of nitrogens with one attached hydrogen (secondary N) is 1. The van der Waals surface area contributed by atoms with Gasteiger partial charge in [0.05, 0.1) is 16.8 Å². The first kappa shape index (κ1) is 21.6. The van der Waals surface area contributed by atoms with Gasteiger partial charge in [0.15, 0.2) is 0 Å². The molecule has 0 spiro atoms. The van der Waals surface area contributed by atoms with E-state index >= 15 is 0 Å². The van der Waals surface area contributed by atoms with Crippen LogP contribution in [0.15, 0.2) is 83.7 Å². The van der Waals surface area contributed by atoms with E-state index in [0.717, 1.165) is 17.7 Å². The van der Waals surface area contributed by atoms with Crippen molar-refractivity contribution in [3.63, 3.8) is 0 Å². The van der Waals surface area contributed by atoms with E-state index < -0.39 is 17.6 Å². The zero-order chi connectivity index (χ0) is 23.9. The Morgan fingerprint density at radius 2 is 1.71 bits per heavy atom. The van der Waals surface area contributed by atoms with Gasteiger partial charge in [0.1, 0.15) is 12.3 Å². The first-order valence-corrected chi connectivity index (χ1v) is 10.4. The minimum Gasteiger partial charge on any atom is -0.439 e. The number of aromatic nitrogens is 2. The number of para-hydroxylation sites is 2. The van der Waals surface area contributed by atoms with Gasteiger partial charge in [-0.1, -0.05) is 42.5 Å². The van der Waals surface area contributed by atoms with Gasteiger partial charge in [0.2, 0.25) is 11.8 Å². The zero-order valence-corrected chi connectivity index (χ0v) is 17.7. The van der Waals surface area contributed by atoms with Gasteiger partial charge in [-0.3, -0.25) is 9.59 Å². The number of anilines is 1. The second-order valence-electron chi connectivity index (χ2n) is 7.81. The van der Waals surface area contributed by atoms with Crippen LogP contribution in [-0.2, 0) is 23.9 Å². The maximum Gasteiger partial charge on any atom is 0.416 e. The van der Waals surface area contributed by atoms with Gasteiger partial charge in [-0.2, -0.15) is 13.2 Å². The molecule has 9 heteroatoms. The molecule has 2 heterocycles. The van der Waals surface area contributed by atoms with E-state index in [9.17, 15) is 22.8 Å². The normalized spacial score (nSPS) is 12.4. The van der Waals surface area contributed by atoms with E-state index in [4.69, 9.17) is 4.74 Å². The van der Waals surface area contributed by atoms with Crippen LogP contribution in [0, 0.1) is 0 Å². The van der Waals surface area contributed by atoms with Crippen LogP contribution >= 0.6 is 0 Å². The lowest BCUT2D eigenvalue weighted by molar-refractivity contribution is -0.137. The van der Waals surface area contributed by atoms with Crippen LogP contribution in [0.25, 0.3) is 5.69 Å². The van der Waals surface area contributed by atoms with Crippen molar-refractivity contribution in [1.82, 2.24) is 9.36 Å². The number of rotatable bonds is 4. The monoisotopic (exact) mass is 465 g/mol. The first-order valence-electron chi connectivity index (χ1n) is 10.4. The van der Waals surface area contributed by atoms with Crippen molar-refractivity contribution in [2.24, 2.45) is 0 Å². The molecule has 0 fully saturated rings. The van der Waals surface area contributed by atoms with E-state index in [2.05, 4.69) is 5.32 Å². The lowest BCUT2D eigenvalue weighted by Crippen LogP contribution is -2.27. The molecule has 3 aromatic carbocycles. The number of ether oxygens (including phenoxy) is 1. The van der Waals surface area contributed by atoms with Gasteiger partial charge >= 0.3 is 6.18 Å². The summed E-state index contributed by atoms with van der Waals surface area (Å²) in [5, 5.41) is 2.49. The fourth-order valence-corrected chi connectivity index (χ4v) is 3.96. The number of alkyl halides is 3. The summed E-state index contributed by atoms with van der Waals surface area (Å²) in [7, 11) is 0. The molecule has 1 aliphatic rings. The van der Waals surface area contributed by atoms with E-state index in [1.54, 1.807) is 42.5 Å². The Morgan fingerprint density at radius 3 is 2.47 bits per heavy atom. The molecule has 1 aliphatic heterocycles. The molecule has 1 N–H and O–H groups in total. The Hall–Kier alpha value is -4.27. The summed E-state index contributed by atoms with van der Waals surface area (Å²) in [6.45, 7) is -0.349. The Balaban J connectivity index is 1.53. The van der Waals surface area contributed by atoms with Gasteiger partial charge in [0.25, 0.3) is 5.56 Å². The van der Waals surface area contributed by atoms with Crippen molar-refractivity contribution in [2.45, 2.75) is 19.1 Å². The van der Waals surface area contributed by atoms with Crippen molar-refractivity contribution in [1.29, 1.82) is 0 Å². The number of amides is 1.